The van der Waals surface area contributed by atoms with Crippen LogP contribution in [0, 0.1) is 6.92 Å². The zero-order valence-electron chi connectivity index (χ0n) is 7.58. The Balaban J connectivity index is 3.22. The lowest BCUT2D eigenvalue weighted by molar-refractivity contribution is -0.145. The van der Waals surface area contributed by atoms with Gasteiger partial charge in [-0.1, -0.05) is 19.8 Å². The Morgan fingerprint density at radius 2 is 2.25 bits per heavy atom. The Bertz CT molecular complexity index is 121. The van der Waals surface area contributed by atoms with Gasteiger partial charge >= 0.3 is 5.97 Å². The van der Waals surface area contributed by atoms with Gasteiger partial charge in [0.25, 0.3) is 0 Å². The van der Waals surface area contributed by atoms with Crippen molar-refractivity contribution in [2.45, 2.75) is 38.7 Å². The molecule has 0 aromatic heterocycles. The Morgan fingerprint density at radius 1 is 1.58 bits per heavy atom. The first-order valence-electron chi connectivity index (χ1n) is 4.33. The predicted molar refractivity (Wildman–Crippen MR) is 46.5 cm³/mol. The van der Waals surface area contributed by atoms with Gasteiger partial charge in [0.1, 0.15) is 6.61 Å². The maximum absolute atomic E-state index is 10.9. The molecule has 0 saturated heterocycles. The molecule has 0 aromatic carbocycles. The quantitative estimate of drug-likeness (QED) is 0.486. The van der Waals surface area contributed by atoms with Gasteiger partial charge in [-0.25, -0.2) is 0 Å². The lowest BCUT2D eigenvalue weighted by atomic mass is 10.2. The van der Waals surface area contributed by atoms with Crippen LogP contribution < -0.4 is 0 Å². The molecule has 0 rings (SSSR count). The fourth-order valence-corrected chi connectivity index (χ4v) is 0.781. The topological polar surface area (TPSA) is 46.5 Å². The first kappa shape index (κ1) is 11.4. The van der Waals surface area contributed by atoms with E-state index in [4.69, 9.17) is 9.84 Å². The monoisotopic (exact) mass is 173 g/mol. The minimum Gasteiger partial charge on any atom is -0.463 e. The highest BCUT2D eigenvalue weighted by molar-refractivity contribution is 5.69. The fraction of sp³-hybridized carbons (Fsp3) is 0.778. The van der Waals surface area contributed by atoms with Crippen LogP contribution in [0.1, 0.15) is 32.6 Å². The Hall–Kier alpha value is -0.570. The van der Waals surface area contributed by atoms with Crippen molar-refractivity contribution in [1.29, 1.82) is 0 Å². The van der Waals surface area contributed by atoms with Crippen molar-refractivity contribution in [3.8, 4) is 0 Å². The highest BCUT2D eigenvalue weighted by Crippen LogP contribution is 2.00. The normalized spacial score (nSPS) is 12.6. The van der Waals surface area contributed by atoms with Crippen molar-refractivity contribution in [2.75, 3.05) is 6.61 Å². The molecule has 1 unspecified atom stereocenters. The molecule has 1 atom stereocenters. The minimum absolute atomic E-state index is 0.00492. The zero-order valence-corrected chi connectivity index (χ0v) is 7.58. The molecule has 3 nitrogen and oxygen atoms in total. The first-order valence-corrected chi connectivity index (χ1v) is 4.33. The molecule has 0 bridgehead atoms. The van der Waals surface area contributed by atoms with Crippen LogP contribution in [0.3, 0.4) is 0 Å². The highest BCUT2D eigenvalue weighted by atomic mass is 16.5. The summed E-state index contributed by atoms with van der Waals surface area (Å²) >= 11 is 0. The third kappa shape index (κ3) is 7.54. The number of carbonyl (C=O) groups excluding carboxylic acids is 1. The molecule has 0 spiro atoms. The molecule has 0 heterocycles. The Labute approximate surface area is 73.7 Å². The summed E-state index contributed by atoms with van der Waals surface area (Å²) in [5.41, 5.74) is 0. The van der Waals surface area contributed by atoms with Gasteiger partial charge < -0.3 is 9.84 Å². The van der Waals surface area contributed by atoms with Crippen molar-refractivity contribution in [2.24, 2.45) is 0 Å². The number of ether oxygens (including phenoxy) is 1. The average molecular weight is 173 g/mol. The molecule has 12 heavy (non-hydrogen) atoms. The number of rotatable bonds is 6. The number of aliphatic hydroxyl groups is 1. The maximum atomic E-state index is 10.9. The summed E-state index contributed by atoms with van der Waals surface area (Å²) in [6, 6.07) is 0. The van der Waals surface area contributed by atoms with Crippen LogP contribution in [0.5, 0.6) is 0 Å². The van der Waals surface area contributed by atoms with E-state index in [1.807, 2.05) is 0 Å². The Morgan fingerprint density at radius 3 is 2.75 bits per heavy atom. The van der Waals surface area contributed by atoms with E-state index in [2.05, 4.69) is 13.8 Å². The van der Waals surface area contributed by atoms with Gasteiger partial charge in [0, 0.05) is 6.42 Å². The minimum atomic E-state index is -0.805. The van der Waals surface area contributed by atoms with E-state index in [9.17, 15) is 4.79 Å². The molecular formula is C9H17O3. The van der Waals surface area contributed by atoms with E-state index in [0.29, 0.717) is 6.42 Å². The molecule has 3 heteroatoms. The summed E-state index contributed by atoms with van der Waals surface area (Å²) < 4.78 is 4.70. The van der Waals surface area contributed by atoms with Crippen LogP contribution >= 0.6 is 0 Å². The number of esters is 1. The molecule has 0 fully saturated rings. The maximum Gasteiger partial charge on any atom is 0.305 e. The van der Waals surface area contributed by atoms with Crippen LogP contribution in [0.15, 0.2) is 0 Å². The molecule has 71 valence electrons. The van der Waals surface area contributed by atoms with Crippen LogP contribution in [0.2, 0.25) is 0 Å². The van der Waals surface area contributed by atoms with Gasteiger partial charge in [0.15, 0.2) is 0 Å². The van der Waals surface area contributed by atoms with Gasteiger partial charge in [0.05, 0.1) is 6.10 Å². The lowest BCUT2D eigenvalue weighted by Gasteiger charge is -2.05. The van der Waals surface area contributed by atoms with E-state index in [-0.39, 0.29) is 12.6 Å². The molecular weight excluding hydrogens is 156 g/mol. The standard InChI is InChI=1S/C9H17O3/c1-3-4-5-6-9(11)12-7-8(2)10/h8,10H,2-7H2,1H3. The first-order chi connectivity index (χ1) is 5.66. The highest BCUT2D eigenvalue weighted by Gasteiger charge is 2.03. The summed E-state index contributed by atoms with van der Waals surface area (Å²) in [6.45, 7) is 5.36. The summed E-state index contributed by atoms with van der Waals surface area (Å²) in [5.74, 6) is -0.244. The number of hydrogen-bond acceptors (Lipinski definition) is 3. The molecule has 0 aliphatic heterocycles. The van der Waals surface area contributed by atoms with E-state index in [1.54, 1.807) is 0 Å². The smallest absolute Gasteiger partial charge is 0.305 e. The van der Waals surface area contributed by atoms with Crippen molar-refractivity contribution in [1.82, 2.24) is 0 Å². The van der Waals surface area contributed by atoms with Gasteiger partial charge in [-0.3, -0.25) is 4.79 Å². The molecule has 0 aliphatic rings. The molecule has 1 N–H and O–H groups in total. The van der Waals surface area contributed by atoms with Gasteiger partial charge in [-0.05, 0) is 13.3 Å². The molecule has 1 radical (unpaired) electrons. The summed E-state index contributed by atoms with van der Waals surface area (Å²) in [7, 11) is 0. The fourth-order valence-electron chi connectivity index (χ4n) is 0.781. The molecule has 0 saturated carbocycles. The summed E-state index contributed by atoms with van der Waals surface area (Å²) in [4.78, 5) is 10.9. The molecule has 0 amide bonds. The van der Waals surface area contributed by atoms with Crippen LogP contribution in [0.4, 0.5) is 0 Å². The summed E-state index contributed by atoms with van der Waals surface area (Å²) in [5, 5.41) is 8.68. The van der Waals surface area contributed by atoms with Crippen molar-refractivity contribution < 1.29 is 14.6 Å². The molecule has 0 aliphatic carbocycles. The van der Waals surface area contributed by atoms with Crippen LogP contribution in [-0.4, -0.2) is 23.8 Å². The lowest BCUT2D eigenvalue weighted by Crippen LogP contribution is -2.15. The number of unbranched alkanes of at least 4 members (excludes halogenated alkanes) is 2. The number of hydrogen-bond donors (Lipinski definition) is 1. The van der Waals surface area contributed by atoms with Crippen molar-refractivity contribution >= 4 is 5.97 Å². The van der Waals surface area contributed by atoms with E-state index in [0.717, 1.165) is 19.3 Å². The van der Waals surface area contributed by atoms with Crippen LogP contribution in [-0.2, 0) is 9.53 Å². The average Bonchev–Trinajstić information content (AvgIpc) is 2.01. The van der Waals surface area contributed by atoms with Crippen molar-refractivity contribution in [3.63, 3.8) is 0 Å². The third-order valence-corrected chi connectivity index (χ3v) is 1.42. The SMILES string of the molecule is [CH2]C(O)COC(=O)CCCCC. The van der Waals surface area contributed by atoms with E-state index >= 15 is 0 Å². The zero-order chi connectivity index (χ0) is 9.40. The van der Waals surface area contributed by atoms with Gasteiger partial charge in [0.2, 0.25) is 0 Å². The largest absolute Gasteiger partial charge is 0.463 e. The summed E-state index contributed by atoms with van der Waals surface area (Å²) in [6.07, 6.45) is 2.64. The number of carbonyl (C=O) groups is 1. The van der Waals surface area contributed by atoms with Crippen LogP contribution in [0.25, 0.3) is 0 Å². The number of aliphatic hydroxyl groups excluding tert-OH is 1. The van der Waals surface area contributed by atoms with Gasteiger partial charge in [-0.2, -0.15) is 0 Å². The second-order valence-corrected chi connectivity index (χ2v) is 2.79. The molecule has 0 aromatic rings. The predicted octanol–water partition coefficient (Wildman–Crippen LogP) is 1.30. The second-order valence-electron chi connectivity index (χ2n) is 2.79. The second kappa shape index (κ2) is 7.10. The van der Waals surface area contributed by atoms with Crippen molar-refractivity contribution in [3.05, 3.63) is 6.92 Å². The van der Waals surface area contributed by atoms with E-state index in [1.165, 1.54) is 0 Å². The van der Waals surface area contributed by atoms with Gasteiger partial charge in [-0.15, -0.1) is 0 Å². The Kier molecular flexibility index (Phi) is 6.76. The van der Waals surface area contributed by atoms with E-state index < -0.39 is 6.10 Å². The third-order valence-electron chi connectivity index (χ3n) is 1.42.